The lowest BCUT2D eigenvalue weighted by Gasteiger charge is -2.20. The number of methoxy groups -OCH3 is 1. The van der Waals surface area contributed by atoms with Crippen LogP contribution in [0.1, 0.15) is 20.8 Å². The maximum Gasteiger partial charge on any atom is 0.0578 e. The number of hydrogen-bond acceptors (Lipinski definition) is 3. The fraction of sp³-hybridized carbons (Fsp3) is 1.00. The Balaban J connectivity index is 3.38. The Bertz CT molecular complexity index is 101. The van der Waals surface area contributed by atoms with E-state index >= 15 is 0 Å². The van der Waals surface area contributed by atoms with Crippen LogP contribution in [-0.4, -0.2) is 30.3 Å². The molecule has 0 aliphatic carbocycles. The number of hydrogen-bond donors (Lipinski definition) is 1. The maximum atomic E-state index is 5.82. The fourth-order valence-electron chi connectivity index (χ4n) is 0.640. The molecule has 68 valence electrons. The highest BCUT2D eigenvalue weighted by molar-refractivity contribution is 7.99. The first-order valence-electron chi connectivity index (χ1n) is 3.85. The fourth-order valence-corrected chi connectivity index (χ4v) is 1.59. The molecule has 1 unspecified atom stereocenters. The van der Waals surface area contributed by atoms with Gasteiger partial charge in [-0.15, -0.1) is 0 Å². The quantitative estimate of drug-likeness (QED) is 0.691. The average molecular weight is 177 g/mol. The second-order valence-corrected chi connectivity index (χ2v) is 4.99. The van der Waals surface area contributed by atoms with Gasteiger partial charge in [0, 0.05) is 23.7 Å². The van der Waals surface area contributed by atoms with Crippen molar-refractivity contribution in [2.75, 3.05) is 19.5 Å². The predicted molar refractivity (Wildman–Crippen MR) is 52.1 cm³/mol. The molecule has 0 spiro atoms. The van der Waals surface area contributed by atoms with Gasteiger partial charge in [0.25, 0.3) is 0 Å². The number of nitrogens with two attached hydrogens (primary N) is 1. The molecule has 1 atom stereocenters. The summed E-state index contributed by atoms with van der Waals surface area (Å²) >= 11 is 1.86. The van der Waals surface area contributed by atoms with Crippen LogP contribution in [0.3, 0.4) is 0 Å². The first-order chi connectivity index (χ1) is 4.95. The lowest BCUT2D eigenvalue weighted by Crippen LogP contribution is -2.35. The molecule has 0 saturated carbocycles. The molecule has 0 heterocycles. The van der Waals surface area contributed by atoms with Gasteiger partial charge in [0.15, 0.2) is 0 Å². The van der Waals surface area contributed by atoms with Crippen LogP contribution in [0.2, 0.25) is 0 Å². The minimum absolute atomic E-state index is 0.0628. The van der Waals surface area contributed by atoms with E-state index in [1.54, 1.807) is 7.11 Å². The molecule has 0 bridgehead atoms. The van der Waals surface area contributed by atoms with Crippen LogP contribution in [0.15, 0.2) is 0 Å². The van der Waals surface area contributed by atoms with Crippen molar-refractivity contribution in [2.45, 2.75) is 31.6 Å². The summed E-state index contributed by atoms with van der Waals surface area (Å²) in [5, 5.41) is 0.544. The van der Waals surface area contributed by atoms with Crippen LogP contribution in [0, 0.1) is 0 Å². The SMILES string of the molecule is COCC(C)SCC(C)(C)N. The summed E-state index contributed by atoms with van der Waals surface area (Å²) in [4.78, 5) is 0. The van der Waals surface area contributed by atoms with Crippen LogP contribution in [0.25, 0.3) is 0 Å². The highest BCUT2D eigenvalue weighted by atomic mass is 32.2. The lowest BCUT2D eigenvalue weighted by molar-refractivity contribution is 0.203. The Morgan fingerprint density at radius 2 is 2.09 bits per heavy atom. The van der Waals surface area contributed by atoms with E-state index in [2.05, 4.69) is 6.92 Å². The zero-order chi connectivity index (χ0) is 8.91. The molecule has 0 aliphatic heterocycles. The highest BCUT2D eigenvalue weighted by Crippen LogP contribution is 2.15. The highest BCUT2D eigenvalue weighted by Gasteiger charge is 2.12. The number of ether oxygens (including phenoxy) is 1. The van der Waals surface area contributed by atoms with Gasteiger partial charge in [-0.2, -0.15) is 11.8 Å². The molecule has 0 fully saturated rings. The largest absolute Gasteiger partial charge is 0.384 e. The minimum atomic E-state index is -0.0628. The number of thioether (sulfide) groups is 1. The minimum Gasteiger partial charge on any atom is -0.384 e. The average Bonchev–Trinajstić information content (AvgIpc) is 1.83. The van der Waals surface area contributed by atoms with E-state index in [0.29, 0.717) is 5.25 Å². The molecule has 11 heavy (non-hydrogen) atoms. The number of rotatable bonds is 5. The Hall–Kier alpha value is 0.270. The molecule has 0 rings (SSSR count). The summed E-state index contributed by atoms with van der Waals surface area (Å²) in [6.07, 6.45) is 0. The van der Waals surface area contributed by atoms with E-state index in [4.69, 9.17) is 10.5 Å². The first-order valence-corrected chi connectivity index (χ1v) is 4.90. The summed E-state index contributed by atoms with van der Waals surface area (Å²) in [5.74, 6) is 0.984. The first kappa shape index (κ1) is 11.3. The van der Waals surface area contributed by atoms with Crippen molar-refractivity contribution in [1.29, 1.82) is 0 Å². The summed E-state index contributed by atoms with van der Waals surface area (Å²) < 4.78 is 5.01. The van der Waals surface area contributed by atoms with Gasteiger partial charge in [-0.3, -0.25) is 0 Å². The molecule has 0 saturated heterocycles. The zero-order valence-corrected chi connectivity index (χ0v) is 8.70. The van der Waals surface area contributed by atoms with Crippen molar-refractivity contribution < 1.29 is 4.74 Å². The molecule has 0 aromatic rings. The van der Waals surface area contributed by atoms with Crippen molar-refractivity contribution >= 4 is 11.8 Å². The molecule has 0 aromatic heterocycles. The second-order valence-electron chi connectivity index (χ2n) is 3.57. The van der Waals surface area contributed by atoms with Gasteiger partial charge < -0.3 is 10.5 Å². The van der Waals surface area contributed by atoms with Crippen LogP contribution in [-0.2, 0) is 4.74 Å². The van der Waals surface area contributed by atoms with Crippen molar-refractivity contribution in [2.24, 2.45) is 5.73 Å². The standard InChI is InChI=1S/C8H19NOS/c1-7(5-10-4)11-6-8(2,3)9/h7H,5-6,9H2,1-4H3. The van der Waals surface area contributed by atoms with Crippen LogP contribution < -0.4 is 5.73 Å². The summed E-state index contributed by atoms with van der Waals surface area (Å²) in [7, 11) is 1.73. The molecule has 0 radical (unpaired) electrons. The van der Waals surface area contributed by atoms with Gasteiger partial charge in [-0.25, -0.2) is 0 Å². The van der Waals surface area contributed by atoms with Crippen molar-refractivity contribution in [3.63, 3.8) is 0 Å². The Labute approximate surface area is 73.9 Å². The van der Waals surface area contributed by atoms with Gasteiger partial charge in [-0.05, 0) is 13.8 Å². The van der Waals surface area contributed by atoms with Crippen LogP contribution in [0.5, 0.6) is 0 Å². The molecule has 0 aliphatic rings. The van der Waals surface area contributed by atoms with E-state index in [1.807, 2.05) is 25.6 Å². The molecular formula is C8H19NOS. The molecule has 2 nitrogen and oxygen atoms in total. The third-order valence-corrected chi connectivity index (χ3v) is 2.76. The molecule has 3 heteroatoms. The monoisotopic (exact) mass is 177 g/mol. The Morgan fingerprint density at radius 1 is 1.55 bits per heavy atom. The van der Waals surface area contributed by atoms with Crippen molar-refractivity contribution in [3.8, 4) is 0 Å². The van der Waals surface area contributed by atoms with Gasteiger partial charge in [-0.1, -0.05) is 6.92 Å². The molecular weight excluding hydrogens is 158 g/mol. The normalized spacial score (nSPS) is 15.0. The van der Waals surface area contributed by atoms with E-state index in [1.165, 1.54) is 0 Å². The Morgan fingerprint density at radius 3 is 2.45 bits per heavy atom. The van der Waals surface area contributed by atoms with E-state index in [9.17, 15) is 0 Å². The van der Waals surface area contributed by atoms with Crippen LogP contribution >= 0.6 is 11.8 Å². The Kier molecular flexibility index (Phi) is 5.13. The summed E-state index contributed by atoms with van der Waals surface area (Å²) in [6.45, 7) is 7.04. The van der Waals surface area contributed by atoms with Crippen LogP contribution in [0.4, 0.5) is 0 Å². The third-order valence-electron chi connectivity index (χ3n) is 1.14. The van der Waals surface area contributed by atoms with E-state index in [0.717, 1.165) is 12.4 Å². The van der Waals surface area contributed by atoms with Gasteiger partial charge in [0.2, 0.25) is 0 Å². The molecule has 0 aromatic carbocycles. The van der Waals surface area contributed by atoms with Gasteiger partial charge in [0.05, 0.1) is 6.61 Å². The van der Waals surface area contributed by atoms with Crippen molar-refractivity contribution in [1.82, 2.24) is 0 Å². The van der Waals surface area contributed by atoms with Gasteiger partial charge in [0.1, 0.15) is 0 Å². The topological polar surface area (TPSA) is 35.2 Å². The smallest absolute Gasteiger partial charge is 0.0578 e. The molecule has 2 N–H and O–H groups in total. The third kappa shape index (κ3) is 8.17. The lowest BCUT2D eigenvalue weighted by atomic mass is 10.1. The maximum absolute atomic E-state index is 5.82. The molecule has 0 amide bonds. The predicted octanol–water partition coefficient (Wildman–Crippen LogP) is 1.49. The van der Waals surface area contributed by atoms with E-state index < -0.39 is 0 Å². The van der Waals surface area contributed by atoms with E-state index in [-0.39, 0.29) is 5.54 Å². The van der Waals surface area contributed by atoms with Crippen molar-refractivity contribution in [3.05, 3.63) is 0 Å². The summed E-state index contributed by atoms with van der Waals surface area (Å²) in [5.41, 5.74) is 5.76. The zero-order valence-electron chi connectivity index (χ0n) is 7.89. The van der Waals surface area contributed by atoms with Gasteiger partial charge >= 0.3 is 0 Å². The second kappa shape index (κ2) is 5.01. The summed E-state index contributed by atoms with van der Waals surface area (Å²) in [6, 6.07) is 0.